The fourth-order valence-corrected chi connectivity index (χ4v) is 5.26. The van der Waals surface area contributed by atoms with Gasteiger partial charge in [-0.1, -0.05) is 82.7 Å². The van der Waals surface area contributed by atoms with E-state index in [1.54, 1.807) is 11.1 Å². The predicted octanol–water partition coefficient (Wildman–Crippen LogP) is 8.52. The Bertz CT molecular complexity index is 542. The Balaban J connectivity index is 1.50. The minimum atomic E-state index is 0.820. The van der Waals surface area contributed by atoms with Crippen LogP contribution in [0.3, 0.4) is 0 Å². The molecule has 0 aromatic heterocycles. The minimum Gasteiger partial charge on any atom is -0.0804 e. The smallest absolute Gasteiger partial charge is 0.0162 e. The largest absolute Gasteiger partial charge is 0.0804 e. The van der Waals surface area contributed by atoms with Crippen molar-refractivity contribution in [2.75, 3.05) is 0 Å². The van der Waals surface area contributed by atoms with Gasteiger partial charge in [0.25, 0.3) is 0 Å². The summed E-state index contributed by atoms with van der Waals surface area (Å²) in [4.78, 5) is 0. The second-order valence-corrected chi connectivity index (χ2v) is 8.99. The third-order valence-corrected chi connectivity index (χ3v) is 7.03. The number of hydrogen-bond acceptors (Lipinski definition) is 0. The van der Waals surface area contributed by atoms with E-state index in [0.717, 1.165) is 17.8 Å². The molecule has 3 rings (SSSR count). The molecule has 0 amide bonds. The first-order valence-corrected chi connectivity index (χ1v) is 11.6. The minimum absolute atomic E-state index is 0.820. The van der Waals surface area contributed by atoms with Gasteiger partial charge in [-0.2, -0.15) is 0 Å². The fraction of sp³-hybridized carbons (Fsp3) is 0.692. The van der Waals surface area contributed by atoms with Gasteiger partial charge in [0.1, 0.15) is 0 Å². The Hall–Kier alpha value is -1.04. The van der Waals surface area contributed by atoms with Crippen LogP contribution in [0, 0.1) is 11.8 Å². The van der Waals surface area contributed by atoms with E-state index in [1.165, 1.54) is 89.0 Å². The highest BCUT2D eigenvalue weighted by atomic mass is 14.3. The summed E-state index contributed by atoms with van der Waals surface area (Å²) in [6.45, 7) is 4.64. The average molecular weight is 353 g/mol. The van der Waals surface area contributed by atoms with Crippen LogP contribution in [0.1, 0.15) is 114 Å². The van der Waals surface area contributed by atoms with Crippen LogP contribution >= 0.6 is 0 Å². The van der Waals surface area contributed by atoms with Gasteiger partial charge in [-0.25, -0.2) is 0 Å². The van der Waals surface area contributed by atoms with Crippen LogP contribution in [0.2, 0.25) is 0 Å². The van der Waals surface area contributed by atoms with Gasteiger partial charge in [-0.3, -0.25) is 0 Å². The van der Waals surface area contributed by atoms with Crippen molar-refractivity contribution in [2.24, 2.45) is 11.8 Å². The van der Waals surface area contributed by atoms with E-state index in [4.69, 9.17) is 0 Å². The summed E-state index contributed by atoms with van der Waals surface area (Å²) >= 11 is 0. The molecule has 0 spiro atoms. The van der Waals surface area contributed by atoms with Crippen LogP contribution in [-0.2, 0) is 0 Å². The summed E-state index contributed by atoms with van der Waals surface area (Å²) in [5.41, 5.74) is 4.69. The molecule has 0 radical (unpaired) electrons. The molecule has 1 atom stereocenters. The molecule has 2 aliphatic rings. The molecular weight excluding hydrogens is 312 g/mol. The van der Waals surface area contributed by atoms with Gasteiger partial charge in [-0.05, 0) is 79.4 Å². The molecule has 0 saturated heterocycles. The van der Waals surface area contributed by atoms with E-state index >= 15 is 0 Å². The second kappa shape index (κ2) is 10.3. The quantitative estimate of drug-likeness (QED) is 0.411. The van der Waals surface area contributed by atoms with Gasteiger partial charge in [0.2, 0.25) is 0 Å². The molecule has 1 aromatic carbocycles. The van der Waals surface area contributed by atoms with E-state index < -0.39 is 0 Å². The highest BCUT2D eigenvalue weighted by molar-refractivity contribution is 5.66. The third kappa shape index (κ3) is 5.48. The monoisotopic (exact) mass is 352 g/mol. The average Bonchev–Trinajstić information content (AvgIpc) is 2.70. The Morgan fingerprint density at radius 1 is 0.769 bits per heavy atom. The summed E-state index contributed by atoms with van der Waals surface area (Å²) in [5.74, 6) is 2.77. The molecule has 0 N–H and O–H groups in total. The first-order valence-electron chi connectivity index (χ1n) is 11.6. The molecule has 0 nitrogen and oxygen atoms in total. The SMILES string of the molecule is CCCCCC1CC=C(c2ccc(C3CCC(CCC)CC3)cc2)CC1. The molecule has 1 saturated carbocycles. The summed E-state index contributed by atoms with van der Waals surface area (Å²) in [7, 11) is 0. The predicted molar refractivity (Wildman–Crippen MR) is 116 cm³/mol. The zero-order chi connectivity index (χ0) is 18.2. The molecule has 0 aliphatic heterocycles. The topological polar surface area (TPSA) is 0 Å². The number of allylic oxidation sites excluding steroid dienone is 2. The lowest BCUT2D eigenvalue weighted by Gasteiger charge is -2.29. The first-order chi connectivity index (χ1) is 12.8. The second-order valence-electron chi connectivity index (χ2n) is 8.99. The molecule has 1 unspecified atom stereocenters. The standard InChI is InChI=1S/C26H40/c1-3-5-6-8-22-11-15-24(16-12-22)26-19-17-25(18-20-26)23-13-9-21(7-4-2)10-14-23/h15,17-23H,3-14,16H2,1-2H3. The molecule has 2 aliphatic carbocycles. The van der Waals surface area contributed by atoms with Crippen molar-refractivity contribution < 1.29 is 0 Å². The van der Waals surface area contributed by atoms with E-state index in [1.807, 2.05) is 0 Å². The van der Waals surface area contributed by atoms with Gasteiger partial charge >= 0.3 is 0 Å². The summed E-state index contributed by atoms with van der Waals surface area (Å²) in [5, 5.41) is 0. The van der Waals surface area contributed by atoms with E-state index in [9.17, 15) is 0 Å². The lowest BCUT2D eigenvalue weighted by Crippen LogP contribution is -2.13. The zero-order valence-corrected chi connectivity index (χ0v) is 17.3. The maximum absolute atomic E-state index is 2.55. The molecule has 0 bridgehead atoms. The van der Waals surface area contributed by atoms with E-state index in [2.05, 4.69) is 44.2 Å². The van der Waals surface area contributed by atoms with Crippen molar-refractivity contribution in [1.29, 1.82) is 0 Å². The summed E-state index contributed by atoms with van der Waals surface area (Å²) < 4.78 is 0. The van der Waals surface area contributed by atoms with Crippen molar-refractivity contribution in [3.8, 4) is 0 Å². The highest BCUT2D eigenvalue weighted by Crippen LogP contribution is 2.38. The lowest BCUT2D eigenvalue weighted by molar-refractivity contribution is 0.308. The van der Waals surface area contributed by atoms with Crippen LogP contribution < -0.4 is 0 Å². The summed E-state index contributed by atoms with van der Waals surface area (Å²) in [6, 6.07) is 9.70. The highest BCUT2D eigenvalue weighted by Gasteiger charge is 2.22. The molecule has 0 heterocycles. The third-order valence-electron chi connectivity index (χ3n) is 7.03. The molecule has 26 heavy (non-hydrogen) atoms. The van der Waals surface area contributed by atoms with E-state index in [-0.39, 0.29) is 0 Å². The first kappa shape index (κ1) is 19.7. The molecule has 1 fully saturated rings. The van der Waals surface area contributed by atoms with Crippen molar-refractivity contribution in [1.82, 2.24) is 0 Å². The number of rotatable bonds is 8. The van der Waals surface area contributed by atoms with Crippen molar-refractivity contribution >= 4 is 5.57 Å². The van der Waals surface area contributed by atoms with Gasteiger partial charge in [0, 0.05) is 0 Å². The Labute approximate surface area is 162 Å². The van der Waals surface area contributed by atoms with Crippen LogP contribution in [0.4, 0.5) is 0 Å². The molecule has 144 valence electrons. The molecule has 1 aromatic rings. The maximum atomic E-state index is 2.55. The van der Waals surface area contributed by atoms with Crippen molar-refractivity contribution in [2.45, 2.75) is 103 Å². The lowest BCUT2D eigenvalue weighted by atomic mass is 9.77. The Morgan fingerprint density at radius 3 is 2.15 bits per heavy atom. The van der Waals surface area contributed by atoms with Gasteiger partial charge < -0.3 is 0 Å². The number of hydrogen-bond donors (Lipinski definition) is 0. The maximum Gasteiger partial charge on any atom is -0.0162 e. The van der Waals surface area contributed by atoms with Gasteiger partial charge in [-0.15, -0.1) is 0 Å². The fourth-order valence-electron chi connectivity index (χ4n) is 5.26. The van der Waals surface area contributed by atoms with Crippen LogP contribution in [0.15, 0.2) is 30.3 Å². The van der Waals surface area contributed by atoms with Crippen LogP contribution in [-0.4, -0.2) is 0 Å². The van der Waals surface area contributed by atoms with Crippen LogP contribution in [0.5, 0.6) is 0 Å². The van der Waals surface area contributed by atoms with Gasteiger partial charge in [0.05, 0.1) is 0 Å². The van der Waals surface area contributed by atoms with Crippen molar-refractivity contribution in [3.05, 3.63) is 41.5 Å². The summed E-state index contributed by atoms with van der Waals surface area (Å²) in [6.07, 6.45) is 20.7. The van der Waals surface area contributed by atoms with Crippen molar-refractivity contribution in [3.63, 3.8) is 0 Å². The van der Waals surface area contributed by atoms with E-state index in [0.29, 0.717) is 0 Å². The zero-order valence-electron chi connectivity index (χ0n) is 17.3. The molecular formula is C26H40. The Morgan fingerprint density at radius 2 is 1.54 bits per heavy atom. The van der Waals surface area contributed by atoms with Crippen LogP contribution in [0.25, 0.3) is 5.57 Å². The number of unbranched alkanes of at least 4 members (excludes halogenated alkanes) is 2. The normalized spacial score (nSPS) is 26.5. The van der Waals surface area contributed by atoms with Gasteiger partial charge in [0.15, 0.2) is 0 Å². The molecule has 0 heteroatoms. The Kier molecular flexibility index (Phi) is 7.84. The number of benzene rings is 1.